The fourth-order valence-electron chi connectivity index (χ4n) is 3.37. The summed E-state index contributed by atoms with van der Waals surface area (Å²) >= 11 is 1.37. The van der Waals surface area contributed by atoms with Crippen LogP contribution in [0.3, 0.4) is 0 Å². The number of nitrogens with zero attached hydrogens (tertiary/aromatic N) is 3. The van der Waals surface area contributed by atoms with Gasteiger partial charge >= 0.3 is 0 Å². The summed E-state index contributed by atoms with van der Waals surface area (Å²) in [5, 5.41) is 2.48. The van der Waals surface area contributed by atoms with Gasteiger partial charge in [-0.2, -0.15) is 0 Å². The zero-order chi connectivity index (χ0) is 21.3. The molecule has 0 aliphatic carbocycles. The number of rotatable bonds is 6. The molecule has 2 aromatic heterocycles. The predicted octanol–water partition coefficient (Wildman–Crippen LogP) is 3.48. The predicted molar refractivity (Wildman–Crippen MR) is 113 cm³/mol. The molecule has 1 aliphatic heterocycles. The van der Waals surface area contributed by atoms with Gasteiger partial charge in [0, 0.05) is 30.4 Å². The maximum absolute atomic E-state index is 13.9. The molecule has 30 heavy (non-hydrogen) atoms. The van der Waals surface area contributed by atoms with Crippen molar-refractivity contribution in [3.8, 4) is 10.7 Å². The first-order chi connectivity index (χ1) is 14.3. The highest BCUT2D eigenvalue weighted by Gasteiger charge is 2.24. The Morgan fingerprint density at radius 3 is 2.67 bits per heavy atom. The van der Waals surface area contributed by atoms with Crippen LogP contribution in [0.1, 0.15) is 18.5 Å². The van der Waals surface area contributed by atoms with Crippen LogP contribution >= 0.6 is 11.3 Å². The number of benzene rings is 1. The minimum atomic E-state index is -4.05. The van der Waals surface area contributed by atoms with E-state index in [1.807, 2.05) is 12.3 Å². The van der Waals surface area contributed by atoms with Gasteiger partial charge in [0.25, 0.3) is 10.0 Å². The van der Waals surface area contributed by atoms with E-state index in [9.17, 15) is 17.6 Å². The monoisotopic (exact) mass is 448 g/mol. The summed E-state index contributed by atoms with van der Waals surface area (Å²) in [4.78, 5) is 18.8. The standard InChI is InChI=1S/C20H21FN4O3S2/c1-14-13-29-20(22-14)18-10-15(11-25(18)12-19(26)24-8-4-5-9-24)30(27,28)23-17-7-3-2-6-16(17)21/h2-3,6-7,10-11,13,23H,4-5,8-9,12H2,1H3. The molecule has 0 spiro atoms. The fourth-order valence-corrected chi connectivity index (χ4v) is 5.31. The van der Waals surface area contributed by atoms with Crippen molar-refractivity contribution in [2.24, 2.45) is 0 Å². The van der Waals surface area contributed by atoms with Gasteiger partial charge in [0.05, 0.1) is 11.4 Å². The van der Waals surface area contributed by atoms with Gasteiger partial charge in [-0.3, -0.25) is 9.52 Å². The molecule has 0 saturated carbocycles. The zero-order valence-corrected chi connectivity index (χ0v) is 18.0. The number of para-hydroxylation sites is 1. The van der Waals surface area contributed by atoms with E-state index in [0.717, 1.165) is 18.5 Å². The summed E-state index contributed by atoms with van der Waals surface area (Å²) in [5.74, 6) is -0.732. The topological polar surface area (TPSA) is 84.3 Å². The number of sulfonamides is 1. The van der Waals surface area contributed by atoms with Crippen LogP contribution in [0.5, 0.6) is 0 Å². The van der Waals surface area contributed by atoms with Gasteiger partial charge in [0.1, 0.15) is 22.3 Å². The first-order valence-electron chi connectivity index (χ1n) is 9.51. The van der Waals surface area contributed by atoms with E-state index < -0.39 is 15.8 Å². The van der Waals surface area contributed by atoms with Crippen LogP contribution in [-0.4, -0.2) is 41.9 Å². The van der Waals surface area contributed by atoms with Gasteiger partial charge in [0.15, 0.2) is 0 Å². The van der Waals surface area contributed by atoms with E-state index >= 15 is 0 Å². The van der Waals surface area contributed by atoms with Crippen LogP contribution in [0.4, 0.5) is 10.1 Å². The molecule has 1 saturated heterocycles. The van der Waals surface area contributed by atoms with Crippen LogP contribution in [0, 0.1) is 12.7 Å². The Labute approximate surface area is 178 Å². The lowest BCUT2D eigenvalue weighted by Crippen LogP contribution is -2.31. The minimum absolute atomic E-state index is 0.0170. The highest BCUT2D eigenvalue weighted by atomic mass is 32.2. The molecule has 1 amide bonds. The Bertz CT molecular complexity index is 1180. The van der Waals surface area contributed by atoms with Gasteiger partial charge in [0.2, 0.25) is 5.91 Å². The highest BCUT2D eigenvalue weighted by molar-refractivity contribution is 7.92. The molecule has 1 aromatic carbocycles. The zero-order valence-electron chi connectivity index (χ0n) is 16.3. The summed E-state index contributed by atoms with van der Waals surface area (Å²) in [6, 6.07) is 7.03. The summed E-state index contributed by atoms with van der Waals surface area (Å²) in [7, 11) is -4.05. The second-order valence-corrected chi connectivity index (χ2v) is 9.70. The van der Waals surface area contributed by atoms with Gasteiger partial charge in [-0.25, -0.2) is 17.8 Å². The van der Waals surface area contributed by atoms with E-state index in [2.05, 4.69) is 9.71 Å². The number of carbonyl (C=O) groups is 1. The maximum atomic E-state index is 13.9. The number of amides is 1. The number of hydrogen-bond donors (Lipinski definition) is 1. The van der Waals surface area contributed by atoms with Crippen LogP contribution in [-0.2, 0) is 21.4 Å². The van der Waals surface area contributed by atoms with Crippen LogP contribution in [0.2, 0.25) is 0 Å². The SMILES string of the molecule is Cc1csc(-c2cc(S(=O)(=O)Nc3ccccc3F)cn2CC(=O)N2CCCC2)n1. The van der Waals surface area contributed by atoms with Gasteiger partial charge in [-0.1, -0.05) is 12.1 Å². The summed E-state index contributed by atoms with van der Waals surface area (Å²) < 4.78 is 43.6. The number of likely N-dealkylation sites (tertiary alicyclic amines) is 1. The summed E-state index contributed by atoms with van der Waals surface area (Å²) in [6.45, 7) is 3.29. The van der Waals surface area contributed by atoms with E-state index in [1.165, 1.54) is 41.8 Å². The normalized spacial score (nSPS) is 14.3. The number of aryl methyl sites for hydroxylation is 1. The number of hydrogen-bond acceptors (Lipinski definition) is 5. The molecule has 0 unspecified atom stereocenters. The number of halogens is 1. The van der Waals surface area contributed by atoms with Crippen molar-refractivity contribution in [1.29, 1.82) is 0 Å². The third-order valence-corrected chi connectivity index (χ3v) is 7.22. The Morgan fingerprint density at radius 2 is 2.00 bits per heavy atom. The largest absolute Gasteiger partial charge is 0.341 e. The lowest BCUT2D eigenvalue weighted by molar-refractivity contribution is -0.130. The average molecular weight is 449 g/mol. The lowest BCUT2D eigenvalue weighted by atomic mass is 10.3. The lowest BCUT2D eigenvalue weighted by Gasteiger charge is -2.16. The van der Waals surface area contributed by atoms with Crippen molar-refractivity contribution in [1.82, 2.24) is 14.5 Å². The molecule has 1 aliphatic rings. The molecule has 3 heterocycles. The first-order valence-corrected chi connectivity index (χ1v) is 11.9. The number of carbonyl (C=O) groups excluding carboxylic acids is 1. The molecular weight excluding hydrogens is 427 g/mol. The second-order valence-electron chi connectivity index (χ2n) is 7.16. The van der Waals surface area contributed by atoms with E-state index in [4.69, 9.17) is 0 Å². The third kappa shape index (κ3) is 4.24. The molecule has 0 bridgehead atoms. The summed E-state index contributed by atoms with van der Waals surface area (Å²) in [5.41, 5.74) is 1.21. The molecule has 0 radical (unpaired) electrons. The highest BCUT2D eigenvalue weighted by Crippen LogP contribution is 2.29. The molecule has 7 nitrogen and oxygen atoms in total. The first kappa shape index (κ1) is 20.5. The van der Waals surface area contributed by atoms with Crippen molar-refractivity contribution in [2.75, 3.05) is 17.8 Å². The van der Waals surface area contributed by atoms with Gasteiger partial charge in [-0.15, -0.1) is 11.3 Å². The Hall–Kier alpha value is -2.72. The average Bonchev–Trinajstić information content (AvgIpc) is 3.44. The molecule has 4 rings (SSSR count). The van der Waals surface area contributed by atoms with Crippen LogP contribution < -0.4 is 4.72 Å². The van der Waals surface area contributed by atoms with E-state index in [1.54, 1.807) is 15.5 Å². The molecule has 1 N–H and O–H groups in total. The van der Waals surface area contributed by atoms with Crippen molar-refractivity contribution < 1.29 is 17.6 Å². The molecule has 3 aromatic rings. The number of aromatic nitrogens is 2. The van der Waals surface area contributed by atoms with Gasteiger partial charge in [-0.05, 0) is 38.0 Å². The number of thiazole rings is 1. The van der Waals surface area contributed by atoms with Crippen LogP contribution in [0.25, 0.3) is 10.7 Å². The van der Waals surface area contributed by atoms with Crippen molar-refractivity contribution in [3.05, 3.63) is 53.4 Å². The Kier molecular flexibility index (Phi) is 5.61. The quantitative estimate of drug-likeness (QED) is 0.626. The van der Waals surface area contributed by atoms with E-state index in [-0.39, 0.29) is 23.0 Å². The second kappa shape index (κ2) is 8.19. The van der Waals surface area contributed by atoms with Crippen molar-refractivity contribution >= 4 is 33.0 Å². The van der Waals surface area contributed by atoms with Crippen molar-refractivity contribution in [3.63, 3.8) is 0 Å². The minimum Gasteiger partial charge on any atom is -0.341 e. The summed E-state index contributed by atoms with van der Waals surface area (Å²) in [6.07, 6.45) is 3.35. The molecule has 0 atom stereocenters. The molecule has 10 heteroatoms. The van der Waals surface area contributed by atoms with Crippen molar-refractivity contribution in [2.45, 2.75) is 31.2 Å². The molecular formula is C20H21FN4O3S2. The Balaban J connectivity index is 1.69. The van der Waals surface area contributed by atoms with Crippen LogP contribution in [0.15, 0.2) is 46.8 Å². The number of anilines is 1. The Morgan fingerprint density at radius 1 is 1.27 bits per heavy atom. The molecule has 158 valence electrons. The maximum Gasteiger partial charge on any atom is 0.263 e. The third-order valence-electron chi connectivity index (χ3n) is 4.90. The number of nitrogens with one attached hydrogen (secondary N) is 1. The van der Waals surface area contributed by atoms with E-state index in [0.29, 0.717) is 23.8 Å². The van der Waals surface area contributed by atoms with Gasteiger partial charge < -0.3 is 9.47 Å². The molecule has 1 fully saturated rings. The smallest absolute Gasteiger partial charge is 0.263 e. The fraction of sp³-hybridized carbons (Fsp3) is 0.300.